The number of carbonyl (C=O) groups is 2. The second kappa shape index (κ2) is 9.00. The van der Waals surface area contributed by atoms with Crippen LogP contribution in [-0.4, -0.2) is 44.8 Å². The van der Waals surface area contributed by atoms with Gasteiger partial charge in [0.2, 0.25) is 6.29 Å². The van der Waals surface area contributed by atoms with Crippen molar-refractivity contribution in [3.05, 3.63) is 12.7 Å². The van der Waals surface area contributed by atoms with E-state index in [4.69, 9.17) is 14.2 Å². The number of methoxy groups -OCH3 is 2. The van der Waals surface area contributed by atoms with Gasteiger partial charge in [-0.15, -0.1) is 0 Å². The van der Waals surface area contributed by atoms with Crippen LogP contribution in [0.15, 0.2) is 12.7 Å². The molecule has 0 aliphatic heterocycles. The van der Waals surface area contributed by atoms with Crippen molar-refractivity contribution in [2.75, 3.05) is 20.8 Å². The lowest BCUT2D eigenvalue weighted by Gasteiger charge is -2.29. The van der Waals surface area contributed by atoms with E-state index in [1.807, 2.05) is 0 Å². The van der Waals surface area contributed by atoms with Gasteiger partial charge in [0.05, 0.1) is 12.7 Å². The summed E-state index contributed by atoms with van der Waals surface area (Å²) in [7, 11) is 2.94. The molecule has 0 aromatic rings. The molecule has 0 N–H and O–H groups in total. The van der Waals surface area contributed by atoms with Crippen molar-refractivity contribution in [1.29, 1.82) is 0 Å². The number of Topliss-reactive ketones (excluding diaryl/α,β-unsaturated/α-hetero) is 1. The van der Waals surface area contributed by atoms with Crippen molar-refractivity contribution in [3.63, 3.8) is 0 Å². The highest BCUT2D eigenvalue weighted by atomic mass is 16.7. The van der Waals surface area contributed by atoms with Crippen molar-refractivity contribution < 1.29 is 23.8 Å². The minimum atomic E-state index is -0.761. The van der Waals surface area contributed by atoms with E-state index in [9.17, 15) is 9.59 Å². The molecule has 1 aliphatic carbocycles. The van der Waals surface area contributed by atoms with Crippen LogP contribution in [0.1, 0.15) is 32.1 Å². The Hall–Kier alpha value is -1.04. The molecule has 5 heteroatoms. The van der Waals surface area contributed by atoms with Crippen molar-refractivity contribution in [2.24, 2.45) is 5.92 Å². The van der Waals surface area contributed by atoms with Gasteiger partial charge in [0.25, 0.3) is 0 Å². The Morgan fingerprint density at radius 1 is 1.20 bits per heavy atom. The van der Waals surface area contributed by atoms with Crippen LogP contribution in [0.2, 0.25) is 0 Å². The summed E-state index contributed by atoms with van der Waals surface area (Å²) in [6, 6.07) is 0. The predicted molar refractivity (Wildman–Crippen MR) is 74.3 cm³/mol. The van der Waals surface area contributed by atoms with Crippen LogP contribution in [0.25, 0.3) is 0 Å². The third-order valence-electron chi connectivity index (χ3n) is 3.67. The van der Waals surface area contributed by atoms with Crippen LogP contribution in [-0.2, 0) is 23.8 Å². The van der Waals surface area contributed by atoms with Crippen LogP contribution >= 0.6 is 0 Å². The molecule has 0 spiro atoms. The number of allylic oxidation sites excluding steroid dienone is 1. The molecule has 0 heterocycles. The first-order valence-electron chi connectivity index (χ1n) is 6.98. The van der Waals surface area contributed by atoms with Crippen LogP contribution < -0.4 is 0 Å². The number of hydrogen-bond donors (Lipinski definition) is 0. The maximum absolute atomic E-state index is 12.1. The molecule has 1 rings (SSSR count). The number of ketones is 2. The summed E-state index contributed by atoms with van der Waals surface area (Å²) < 4.78 is 15.6. The van der Waals surface area contributed by atoms with Gasteiger partial charge in [0, 0.05) is 26.6 Å². The molecule has 20 heavy (non-hydrogen) atoms. The molecule has 5 nitrogen and oxygen atoms in total. The van der Waals surface area contributed by atoms with E-state index in [1.54, 1.807) is 0 Å². The minimum Gasteiger partial charge on any atom is -0.378 e. The second-order valence-electron chi connectivity index (χ2n) is 4.97. The highest BCUT2D eigenvalue weighted by Gasteiger charge is 2.31. The standard InChI is InChI=1S/C15H24O5/c1-4-12(16)9-10-20-13-7-5-11(6-8-13)14(17)15(18-2)19-3/h4,11,13,15H,1,5-10H2,2-3H3. The third kappa shape index (κ3) is 5.15. The Morgan fingerprint density at radius 3 is 2.30 bits per heavy atom. The molecule has 0 atom stereocenters. The largest absolute Gasteiger partial charge is 0.378 e. The quantitative estimate of drug-likeness (QED) is 0.478. The van der Waals surface area contributed by atoms with Gasteiger partial charge in [-0.1, -0.05) is 6.58 Å². The van der Waals surface area contributed by atoms with Gasteiger partial charge in [-0.3, -0.25) is 9.59 Å². The second-order valence-corrected chi connectivity index (χ2v) is 4.97. The molecule has 0 radical (unpaired) electrons. The number of hydrogen-bond acceptors (Lipinski definition) is 5. The Balaban J connectivity index is 2.27. The topological polar surface area (TPSA) is 61.8 Å². The van der Waals surface area contributed by atoms with Crippen LogP contribution in [0.3, 0.4) is 0 Å². The highest BCUT2D eigenvalue weighted by Crippen LogP contribution is 2.28. The zero-order chi connectivity index (χ0) is 15.0. The Morgan fingerprint density at radius 2 is 1.80 bits per heavy atom. The molecule has 0 aromatic heterocycles. The van der Waals surface area contributed by atoms with Crippen molar-refractivity contribution >= 4 is 11.6 Å². The molecule has 0 amide bonds. The maximum atomic E-state index is 12.1. The summed E-state index contributed by atoms with van der Waals surface area (Å²) in [6.45, 7) is 3.85. The van der Waals surface area contributed by atoms with Crippen molar-refractivity contribution in [3.8, 4) is 0 Å². The van der Waals surface area contributed by atoms with Crippen molar-refractivity contribution in [2.45, 2.75) is 44.5 Å². The normalized spacial score (nSPS) is 22.8. The van der Waals surface area contributed by atoms with E-state index in [0.29, 0.717) is 13.0 Å². The SMILES string of the molecule is C=CC(=O)CCOC1CCC(C(=O)C(OC)OC)CC1. The highest BCUT2D eigenvalue weighted by molar-refractivity contribution is 5.89. The molecule has 0 saturated heterocycles. The summed E-state index contributed by atoms with van der Waals surface area (Å²) in [4.78, 5) is 23.1. The molecular weight excluding hydrogens is 260 g/mol. The summed E-state index contributed by atoms with van der Waals surface area (Å²) in [6.07, 6.45) is 4.29. The summed E-state index contributed by atoms with van der Waals surface area (Å²) >= 11 is 0. The summed E-state index contributed by atoms with van der Waals surface area (Å²) in [5.41, 5.74) is 0. The van der Waals surface area contributed by atoms with E-state index >= 15 is 0 Å². The number of rotatable bonds is 9. The number of carbonyl (C=O) groups excluding carboxylic acids is 2. The fourth-order valence-electron chi connectivity index (χ4n) is 2.46. The lowest BCUT2D eigenvalue weighted by molar-refractivity contribution is -0.162. The van der Waals surface area contributed by atoms with Crippen molar-refractivity contribution in [1.82, 2.24) is 0 Å². The number of ether oxygens (including phenoxy) is 3. The molecule has 0 unspecified atom stereocenters. The zero-order valence-corrected chi connectivity index (χ0v) is 12.3. The van der Waals surface area contributed by atoms with Gasteiger partial charge < -0.3 is 14.2 Å². The lowest BCUT2D eigenvalue weighted by Crippen LogP contribution is -2.35. The Kier molecular flexibility index (Phi) is 7.65. The van der Waals surface area contributed by atoms with Gasteiger partial charge >= 0.3 is 0 Å². The maximum Gasteiger partial charge on any atom is 0.217 e. The molecule has 114 valence electrons. The van der Waals surface area contributed by atoms with Gasteiger partial charge in [-0.05, 0) is 31.8 Å². The summed E-state index contributed by atoms with van der Waals surface area (Å²) in [5, 5.41) is 0. The molecule has 1 aliphatic rings. The Labute approximate surface area is 120 Å². The van der Waals surface area contributed by atoms with E-state index in [2.05, 4.69) is 6.58 Å². The van der Waals surface area contributed by atoms with Crippen LogP contribution in [0.4, 0.5) is 0 Å². The molecule has 1 saturated carbocycles. The molecular formula is C15H24O5. The van der Waals surface area contributed by atoms with E-state index in [-0.39, 0.29) is 23.6 Å². The van der Waals surface area contributed by atoms with E-state index in [0.717, 1.165) is 25.7 Å². The first kappa shape index (κ1) is 17.0. The smallest absolute Gasteiger partial charge is 0.217 e. The molecule has 0 bridgehead atoms. The van der Waals surface area contributed by atoms with Crippen LogP contribution in [0, 0.1) is 5.92 Å². The minimum absolute atomic E-state index is 0.00288. The monoisotopic (exact) mass is 284 g/mol. The fraction of sp³-hybridized carbons (Fsp3) is 0.733. The predicted octanol–water partition coefficient (Wildman–Crippen LogP) is 1.89. The van der Waals surface area contributed by atoms with E-state index in [1.165, 1.54) is 20.3 Å². The summed E-state index contributed by atoms with van der Waals surface area (Å²) in [5.74, 6) is -0.0123. The third-order valence-corrected chi connectivity index (χ3v) is 3.67. The van der Waals surface area contributed by atoms with Gasteiger partial charge in [-0.25, -0.2) is 0 Å². The first-order chi connectivity index (χ1) is 9.62. The van der Waals surface area contributed by atoms with E-state index < -0.39 is 6.29 Å². The van der Waals surface area contributed by atoms with Gasteiger partial charge in [0.15, 0.2) is 11.6 Å². The van der Waals surface area contributed by atoms with Gasteiger partial charge in [0.1, 0.15) is 0 Å². The zero-order valence-electron chi connectivity index (χ0n) is 12.3. The average molecular weight is 284 g/mol. The van der Waals surface area contributed by atoms with Gasteiger partial charge in [-0.2, -0.15) is 0 Å². The lowest BCUT2D eigenvalue weighted by atomic mass is 9.84. The van der Waals surface area contributed by atoms with Crippen LogP contribution in [0.5, 0.6) is 0 Å². The fourth-order valence-corrected chi connectivity index (χ4v) is 2.46. The molecule has 1 fully saturated rings. The Bertz CT molecular complexity index is 327. The average Bonchev–Trinajstić information content (AvgIpc) is 2.48. The first-order valence-corrected chi connectivity index (χ1v) is 6.98. The molecule has 0 aromatic carbocycles.